The lowest BCUT2D eigenvalue weighted by molar-refractivity contribution is 0.276. The lowest BCUT2D eigenvalue weighted by Crippen LogP contribution is -2.05. The number of aliphatic hydroxyl groups excluding tert-OH is 1. The van der Waals surface area contributed by atoms with Crippen molar-refractivity contribution in [3.63, 3.8) is 0 Å². The van der Waals surface area contributed by atoms with Gasteiger partial charge in [0.1, 0.15) is 5.69 Å². The highest BCUT2D eigenvalue weighted by Gasteiger charge is 2.11. The van der Waals surface area contributed by atoms with Crippen LogP contribution in [0.25, 0.3) is 10.9 Å². The fourth-order valence-corrected chi connectivity index (χ4v) is 2.37. The summed E-state index contributed by atoms with van der Waals surface area (Å²) in [6.45, 7) is 2.28. The van der Waals surface area contributed by atoms with Crippen LogP contribution in [0, 0.1) is 6.92 Å². The molecule has 0 bridgehead atoms. The molecule has 0 amide bonds. The summed E-state index contributed by atoms with van der Waals surface area (Å²) in [6.07, 6.45) is 1.68. The zero-order valence-corrected chi connectivity index (χ0v) is 11.7. The number of aromatic nitrogens is 4. The van der Waals surface area contributed by atoms with Gasteiger partial charge in [-0.3, -0.25) is 0 Å². The summed E-state index contributed by atoms with van der Waals surface area (Å²) in [6, 6.07) is 7.89. The molecule has 3 rings (SSSR count). The quantitative estimate of drug-likeness (QED) is 0.803. The van der Waals surface area contributed by atoms with Crippen LogP contribution in [0.4, 0.5) is 0 Å². The molecule has 1 aromatic carbocycles. The number of aliphatic hydroxyl groups is 1. The minimum atomic E-state index is -0.127. The molecule has 0 saturated carbocycles. The number of nitrogens with zero attached hydrogens (tertiary/aromatic N) is 4. The van der Waals surface area contributed by atoms with Crippen LogP contribution >= 0.6 is 11.6 Å². The van der Waals surface area contributed by atoms with E-state index in [0.29, 0.717) is 17.3 Å². The van der Waals surface area contributed by atoms with Gasteiger partial charge in [0.15, 0.2) is 0 Å². The van der Waals surface area contributed by atoms with Crippen molar-refractivity contribution >= 4 is 22.5 Å². The summed E-state index contributed by atoms with van der Waals surface area (Å²) in [7, 11) is 0. The molecular weight excluding hydrogens is 276 g/mol. The SMILES string of the molecule is Cc1c(Cl)c(Cn2cc(CO)nn2)nc2ccccc12. The van der Waals surface area contributed by atoms with Gasteiger partial charge in [-0.25, -0.2) is 9.67 Å². The van der Waals surface area contributed by atoms with E-state index in [1.165, 1.54) is 0 Å². The number of hydrogen-bond acceptors (Lipinski definition) is 4. The van der Waals surface area contributed by atoms with Crippen molar-refractivity contribution in [3.8, 4) is 0 Å². The fourth-order valence-electron chi connectivity index (χ4n) is 2.16. The average Bonchev–Trinajstić information content (AvgIpc) is 2.92. The van der Waals surface area contributed by atoms with Crippen LogP contribution in [0.3, 0.4) is 0 Å². The normalized spacial score (nSPS) is 11.2. The third-order valence-electron chi connectivity index (χ3n) is 3.21. The number of halogens is 1. The van der Waals surface area contributed by atoms with Crippen molar-refractivity contribution < 1.29 is 5.11 Å². The van der Waals surface area contributed by atoms with Gasteiger partial charge in [-0.05, 0) is 18.6 Å². The average molecular weight is 289 g/mol. The Morgan fingerprint density at radius 2 is 2.10 bits per heavy atom. The van der Waals surface area contributed by atoms with E-state index in [2.05, 4.69) is 15.3 Å². The molecule has 1 N–H and O–H groups in total. The first-order chi connectivity index (χ1) is 9.69. The number of fused-ring (bicyclic) bond motifs is 1. The van der Waals surface area contributed by atoms with E-state index >= 15 is 0 Å². The minimum absolute atomic E-state index is 0.127. The summed E-state index contributed by atoms with van der Waals surface area (Å²) in [4.78, 5) is 4.58. The molecule has 2 heterocycles. The monoisotopic (exact) mass is 288 g/mol. The highest BCUT2D eigenvalue weighted by atomic mass is 35.5. The number of hydrogen-bond donors (Lipinski definition) is 1. The summed E-state index contributed by atoms with van der Waals surface area (Å²) in [5, 5.41) is 18.5. The summed E-state index contributed by atoms with van der Waals surface area (Å²) < 4.78 is 1.62. The number of aryl methyl sites for hydroxylation is 1. The number of para-hydroxylation sites is 1. The molecule has 0 spiro atoms. The molecule has 0 atom stereocenters. The van der Waals surface area contributed by atoms with E-state index in [9.17, 15) is 0 Å². The van der Waals surface area contributed by atoms with E-state index in [4.69, 9.17) is 16.7 Å². The van der Waals surface area contributed by atoms with Crippen molar-refractivity contribution in [2.45, 2.75) is 20.1 Å². The Hall–Kier alpha value is -1.98. The van der Waals surface area contributed by atoms with Crippen LogP contribution in [-0.2, 0) is 13.2 Å². The third-order valence-corrected chi connectivity index (χ3v) is 3.71. The van der Waals surface area contributed by atoms with E-state index in [-0.39, 0.29) is 6.61 Å². The second kappa shape index (κ2) is 5.19. The molecule has 0 unspecified atom stereocenters. The lowest BCUT2D eigenvalue weighted by atomic mass is 10.1. The van der Waals surface area contributed by atoms with Crippen LogP contribution in [0.2, 0.25) is 5.02 Å². The Labute approximate surface area is 120 Å². The van der Waals surface area contributed by atoms with E-state index < -0.39 is 0 Å². The predicted molar refractivity (Wildman–Crippen MR) is 76.5 cm³/mol. The predicted octanol–water partition coefficient (Wildman–Crippen LogP) is 2.33. The van der Waals surface area contributed by atoms with Crippen LogP contribution in [0.1, 0.15) is 17.0 Å². The van der Waals surface area contributed by atoms with Gasteiger partial charge in [-0.2, -0.15) is 0 Å². The first kappa shape index (κ1) is 13.0. The maximum atomic E-state index is 9.00. The summed E-state index contributed by atoms with van der Waals surface area (Å²) >= 11 is 6.39. The molecule has 0 aliphatic carbocycles. The maximum Gasteiger partial charge on any atom is 0.108 e. The molecule has 0 aliphatic rings. The lowest BCUT2D eigenvalue weighted by Gasteiger charge is -2.09. The molecule has 2 aromatic heterocycles. The second-order valence-electron chi connectivity index (χ2n) is 4.58. The van der Waals surface area contributed by atoms with Crippen molar-refractivity contribution in [2.75, 3.05) is 0 Å². The Morgan fingerprint density at radius 3 is 2.85 bits per heavy atom. The number of benzene rings is 1. The smallest absolute Gasteiger partial charge is 0.108 e. The van der Waals surface area contributed by atoms with Crippen molar-refractivity contribution in [1.29, 1.82) is 0 Å². The topological polar surface area (TPSA) is 63.8 Å². The second-order valence-corrected chi connectivity index (χ2v) is 4.96. The highest BCUT2D eigenvalue weighted by molar-refractivity contribution is 6.32. The molecule has 5 nitrogen and oxygen atoms in total. The van der Waals surface area contributed by atoms with Crippen LogP contribution in [0.15, 0.2) is 30.5 Å². The molecule has 102 valence electrons. The molecule has 0 saturated heterocycles. The molecule has 0 radical (unpaired) electrons. The first-order valence-corrected chi connectivity index (χ1v) is 6.60. The van der Waals surface area contributed by atoms with Gasteiger partial charge in [0.2, 0.25) is 0 Å². The molecule has 3 aromatic rings. The van der Waals surface area contributed by atoms with Crippen molar-refractivity contribution in [3.05, 3.63) is 52.4 Å². The zero-order valence-electron chi connectivity index (χ0n) is 10.9. The van der Waals surface area contributed by atoms with Crippen LogP contribution in [0.5, 0.6) is 0 Å². The Morgan fingerprint density at radius 1 is 1.30 bits per heavy atom. The fraction of sp³-hybridized carbons (Fsp3) is 0.214. The molecule has 6 heteroatoms. The standard InChI is InChI=1S/C14H13ClN4O/c1-9-11-4-2-3-5-12(11)16-13(14(9)15)7-19-6-10(8-20)17-18-19/h2-6,20H,7-8H2,1H3. The summed E-state index contributed by atoms with van der Waals surface area (Å²) in [5.74, 6) is 0. The number of rotatable bonds is 3. The van der Waals surface area contributed by atoms with E-state index in [1.54, 1.807) is 10.9 Å². The van der Waals surface area contributed by atoms with Gasteiger partial charge in [0, 0.05) is 5.39 Å². The Balaban J connectivity index is 2.05. The van der Waals surface area contributed by atoms with E-state index in [1.807, 2.05) is 31.2 Å². The van der Waals surface area contributed by atoms with Crippen LogP contribution in [-0.4, -0.2) is 25.1 Å². The zero-order chi connectivity index (χ0) is 14.1. The maximum absolute atomic E-state index is 9.00. The summed E-state index contributed by atoms with van der Waals surface area (Å²) in [5.41, 5.74) is 3.19. The van der Waals surface area contributed by atoms with Crippen molar-refractivity contribution in [1.82, 2.24) is 20.0 Å². The number of pyridine rings is 1. The van der Waals surface area contributed by atoms with Gasteiger partial charge in [-0.1, -0.05) is 35.0 Å². The third kappa shape index (κ3) is 2.26. The minimum Gasteiger partial charge on any atom is -0.390 e. The van der Waals surface area contributed by atoms with Crippen molar-refractivity contribution in [2.24, 2.45) is 0 Å². The van der Waals surface area contributed by atoms with Gasteiger partial charge in [-0.15, -0.1) is 5.10 Å². The van der Waals surface area contributed by atoms with Gasteiger partial charge in [0.05, 0.1) is 35.6 Å². The Kier molecular flexibility index (Phi) is 3.38. The van der Waals surface area contributed by atoms with Gasteiger partial charge >= 0.3 is 0 Å². The van der Waals surface area contributed by atoms with Gasteiger partial charge < -0.3 is 5.11 Å². The Bertz CT molecular complexity index is 769. The first-order valence-electron chi connectivity index (χ1n) is 6.22. The van der Waals surface area contributed by atoms with Crippen LogP contribution < -0.4 is 0 Å². The molecule has 0 fully saturated rings. The highest BCUT2D eigenvalue weighted by Crippen LogP contribution is 2.27. The van der Waals surface area contributed by atoms with Gasteiger partial charge in [0.25, 0.3) is 0 Å². The molecule has 20 heavy (non-hydrogen) atoms. The molecule has 0 aliphatic heterocycles. The largest absolute Gasteiger partial charge is 0.390 e. The molecular formula is C14H13ClN4O. The van der Waals surface area contributed by atoms with E-state index in [0.717, 1.165) is 22.2 Å².